The Kier molecular flexibility index (Phi) is 4.11. The average Bonchev–Trinajstić information content (AvgIpc) is 1.59. The first kappa shape index (κ1) is 10.1. The number of nitrogens with zero attached hydrogens (tertiary/aromatic N) is 3. The summed E-state index contributed by atoms with van der Waals surface area (Å²) in [7, 11) is 12.1. The third kappa shape index (κ3) is 2.79. The molecule has 4 heteroatoms. The molecule has 0 atom stereocenters. The third-order valence-corrected chi connectivity index (χ3v) is 3.60. The predicted octanol–water partition coefficient (Wildman–Crippen LogP) is -0.344. The van der Waals surface area contributed by atoms with Crippen LogP contribution in [-0.4, -0.2) is 65.3 Å². The first-order valence-electron chi connectivity index (χ1n) is 3.35. The quantitative estimate of drug-likeness (QED) is 0.523. The zero-order valence-corrected chi connectivity index (χ0v) is 8.84. The highest BCUT2D eigenvalue weighted by molar-refractivity contribution is 6.49. The van der Waals surface area contributed by atoms with Gasteiger partial charge < -0.3 is 0 Å². The van der Waals surface area contributed by atoms with E-state index in [9.17, 15) is 0 Å². The predicted molar refractivity (Wildman–Crippen MR) is 46.8 cm³/mol. The highest BCUT2D eigenvalue weighted by atomic mass is 28.3. The van der Waals surface area contributed by atoms with E-state index in [1.165, 1.54) is 0 Å². The maximum absolute atomic E-state index is 2.27. The molecule has 0 fully saturated rings. The van der Waals surface area contributed by atoms with Crippen LogP contribution in [0.4, 0.5) is 0 Å². The summed E-state index contributed by atoms with van der Waals surface area (Å²) in [4.78, 5) is 0. The Morgan fingerprint density at radius 1 is 0.600 bits per heavy atom. The molecule has 0 aliphatic heterocycles. The fourth-order valence-electron chi connectivity index (χ4n) is 1.20. The van der Waals surface area contributed by atoms with E-state index in [1.807, 2.05) is 0 Å². The molecule has 0 aromatic heterocycles. The van der Waals surface area contributed by atoms with Crippen molar-refractivity contribution in [3.63, 3.8) is 0 Å². The smallest absolute Gasteiger partial charge is 0.157 e. The lowest BCUT2D eigenvalue weighted by Crippen LogP contribution is -2.55. The summed E-state index contributed by atoms with van der Waals surface area (Å²) in [6.07, 6.45) is 0. The molecule has 10 heavy (non-hydrogen) atoms. The molecule has 0 saturated heterocycles. The molecular formula is C6H18N3Si+. The van der Waals surface area contributed by atoms with Gasteiger partial charge in [0.15, 0.2) is 0 Å². The summed E-state index contributed by atoms with van der Waals surface area (Å²) in [6.45, 7) is 0. The van der Waals surface area contributed by atoms with Crippen LogP contribution in [-0.2, 0) is 0 Å². The van der Waals surface area contributed by atoms with Crippen LogP contribution in [0.1, 0.15) is 0 Å². The molecule has 0 aromatic carbocycles. The van der Waals surface area contributed by atoms with Crippen LogP contribution in [0.15, 0.2) is 0 Å². The summed E-state index contributed by atoms with van der Waals surface area (Å²) in [5, 5.41) is 0. The molecule has 0 bridgehead atoms. The lowest BCUT2D eigenvalue weighted by Gasteiger charge is -2.16. The van der Waals surface area contributed by atoms with Gasteiger partial charge in [-0.15, -0.1) is 0 Å². The minimum absolute atomic E-state index is 0.596. The highest BCUT2D eigenvalue weighted by Gasteiger charge is 2.38. The monoisotopic (exact) mass is 160 g/mol. The fourth-order valence-corrected chi connectivity index (χ4v) is 3.60. The van der Waals surface area contributed by atoms with Crippen molar-refractivity contribution in [2.24, 2.45) is 0 Å². The van der Waals surface area contributed by atoms with Crippen LogP contribution in [0.25, 0.3) is 0 Å². The lowest BCUT2D eigenvalue weighted by atomic mass is 11.2. The second-order valence-corrected chi connectivity index (χ2v) is 6.27. The lowest BCUT2D eigenvalue weighted by molar-refractivity contribution is 0.420. The zero-order valence-electron chi connectivity index (χ0n) is 7.84. The van der Waals surface area contributed by atoms with E-state index < -0.39 is 9.28 Å². The Labute approximate surface area is 66.1 Å². The molecule has 0 heterocycles. The molecule has 0 aromatic rings. The van der Waals surface area contributed by atoms with E-state index in [0.29, 0.717) is 0 Å². The third-order valence-electron chi connectivity index (χ3n) is 1.20. The van der Waals surface area contributed by atoms with Gasteiger partial charge >= 0.3 is 9.28 Å². The zero-order chi connectivity index (χ0) is 8.31. The maximum atomic E-state index is 2.27. The largest absolute Gasteiger partial charge is 0.601 e. The van der Waals surface area contributed by atoms with Gasteiger partial charge in [-0.2, -0.15) is 13.7 Å². The van der Waals surface area contributed by atoms with Crippen molar-refractivity contribution in [2.45, 2.75) is 0 Å². The number of hydrogen-bond donors (Lipinski definition) is 0. The van der Waals surface area contributed by atoms with Crippen molar-refractivity contribution < 1.29 is 0 Å². The van der Waals surface area contributed by atoms with Crippen molar-refractivity contribution in [3.05, 3.63) is 0 Å². The maximum Gasteiger partial charge on any atom is 0.601 e. The standard InChI is InChI=1S/C6H18N3Si/c1-7(2)10(8(3)4)9(5)6/h1-6H3/q+1. The van der Waals surface area contributed by atoms with Crippen molar-refractivity contribution in [1.82, 2.24) is 13.7 Å². The van der Waals surface area contributed by atoms with Gasteiger partial charge in [0.2, 0.25) is 0 Å². The number of hydrogen-bond acceptors (Lipinski definition) is 3. The minimum Gasteiger partial charge on any atom is -0.157 e. The topological polar surface area (TPSA) is 9.72 Å². The van der Waals surface area contributed by atoms with Crippen LogP contribution in [0.5, 0.6) is 0 Å². The van der Waals surface area contributed by atoms with E-state index in [1.54, 1.807) is 0 Å². The summed E-state index contributed by atoms with van der Waals surface area (Å²) in [6, 6.07) is 0. The Morgan fingerprint density at radius 3 is 0.800 bits per heavy atom. The fraction of sp³-hybridized carbons (Fsp3) is 1.00. The van der Waals surface area contributed by atoms with E-state index in [4.69, 9.17) is 0 Å². The molecule has 0 saturated carbocycles. The first-order chi connectivity index (χ1) is 4.46. The first-order valence-corrected chi connectivity index (χ1v) is 4.70. The van der Waals surface area contributed by atoms with E-state index >= 15 is 0 Å². The Hall–Kier alpha value is 0.0969. The molecule has 0 aliphatic rings. The van der Waals surface area contributed by atoms with Crippen LogP contribution in [0.3, 0.4) is 0 Å². The molecule has 0 spiro atoms. The van der Waals surface area contributed by atoms with Gasteiger partial charge in [0, 0.05) is 42.3 Å². The summed E-state index contributed by atoms with van der Waals surface area (Å²) in [5.74, 6) is 0. The van der Waals surface area contributed by atoms with Crippen LogP contribution >= 0.6 is 0 Å². The van der Waals surface area contributed by atoms with Crippen LogP contribution in [0.2, 0.25) is 0 Å². The Bertz CT molecular complexity index is 74.0. The SMILES string of the molecule is CN(C)[Si+](N(C)C)N(C)C. The second kappa shape index (κ2) is 4.08. The Morgan fingerprint density at radius 2 is 0.800 bits per heavy atom. The minimum atomic E-state index is -0.596. The van der Waals surface area contributed by atoms with Crippen molar-refractivity contribution in [1.29, 1.82) is 0 Å². The van der Waals surface area contributed by atoms with Crippen molar-refractivity contribution in [2.75, 3.05) is 42.3 Å². The van der Waals surface area contributed by atoms with Crippen LogP contribution in [0, 0.1) is 0 Å². The molecule has 0 rings (SSSR count). The molecule has 60 valence electrons. The van der Waals surface area contributed by atoms with Crippen molar-refractivity contribution in [3.8, 4) is 0 Å². The van der Waals surface area contributed by atoms with Gasteiger partial charge in [-0.05, 0) is 0 Å². The van der Waals surface area contributed by atoms with E-state index in [2.05, 4.69) is 56.0 Å². The normalized spacial score (nSPS) is 11.7. The molecule has 0 N–H and O–H groups in total. The van der Waals surface area contributed by atoms with Gasteiger partial charge in [-0.25, -0.2) is 0 Å². The average molecular weight is 160 g/mol. The van der Waals surface area contributed by atoms with Gasteiger partial charge in [0.25, 0.3) is 0 Å². The molecule has 0 aliphatic carbocycles. The molecule has 3 nitrogen and oxygen atoms in total. The van der Waals surface area contributed by atoms with E-state index in [0.717, 1.165) is 0 Å². The van der Waals surface area contributed by atoms with Gasteiger partial charge in [-0.3, -0.25) is 0 Å². The molecular weight excluding hydrogens is 142 g/mol. The summed E-state index contributed by atoms with van der Waals surface area (Å²) in [5.41, 5.74) is 0. The van der Waals surface area contributed by atoms with E-state index in [-0.39, 0.29) is 0 Å². The second-order valence-electron chi connectivity index (χ2n) is 2.98. The Balaban J connectivity index is 3.98. The molecule has 0 radical (unpaired) electrons. The summed E-state index contributed by atoms with van der Waals surface area (Å²) >= 11 is 0. The van der Waals surface area contributed by atoms with Gasteiger partial charge in [0.05, 0.1) is 0 Å². The molecule has 0 unspecified atom stereocenters. The number of rotatable bonds is 3. The summed E-state index contributed by atoms with van der Waals surface area (Å²) < 4.78 is 6.81. The molecule has 0 amide bonds. The van der Waals surface area contributed by atoms with Crippen molar-refractivity contribution >= 4 is 9.28 Å². The van der Waals surface area contributed by atoms with Crippen LogP contribution < -0.4 is 0 Å². The van der Waals surface area contributed by atoms with Gasteiger partial charge in [0.1, 0.15) is 0 Å². The highest BCUT2D eigenvalue weighted by Crippen LogP contribution is 1.93. The van der Waals surface area contributed by atoms with Gasteiger partial charge in [-0.1, -0.05) is 0 Å².